The Hall–Kier alpha value is -1.10. The molecule has 0 spiro atoms. The fourth-order valence-corrected chi connectivity index (χ4v) is 2.75. The third-order valence-electron chi connectivity index (χ3n) is 4.01. The summed E-state index contributed by atoms with van der Waals surface area (Å²) in [5.41, 5.74) is 2.47. The fraction of sp³-hybridized carbons (Fsp3) is 0.588. The lowest BCUT2D eigenvalue weighted by Gasteiger charge is -2.32. The van der Waals surface area contributed by atoms with E-state index < -0.39 is 0 Å². The molecule has 2 atom stereocenters. The molecule has 22 heavy (non-hydrogen) atoms. The molecular formula is C17H27ClN2O2. The first-order chi connectivity index (χ1) is 10.2. The number of hydrogen-bond acceptors (Lipinski definition) is 3. The van der Waals surface area contributed by atoms with Gasteiger partial charge in [-0.15, -0.1) is 12.4 Å². The molecule has 0 saturated carbocycles. The Morgan fingerprint density at radius 3 is 2.73 bits per heavy atom. The molecule has 124 valence electrons. The zero-order valence-corrected chi connectivity index (χ0v) is 14.2. The SMILES string of the molecule is CNCCC(=O)NCC1CCCOC1c1ccc(C)cc1.Cl. The van der Waals surface area contributed by atoms with E-state index in [9.17, 15) is 4.79 Å². The lowest BCUT2D eigenvalue weighted by molar-refractivity contribution is -0.121. The minimum atomic E-state index is 0. The van der Waals surface area contributed by atoms with Gasteiger partial charge in [-0.2, -0.15) is 0 Å². The van der Waals surface area contributed by atoms with E-state index in [0.717, 1.165) is 19.4 Å². The zero-order valence-electron chi connectivity index (χ0n) is 13.4. The minimum Gasteiger partial charge on any atom is -0.373 e. The van der Waals surface area contributed by atoms with Crippen LogP contribution in [0.25, 0.3) is 0 Å². The Labute approximate surface area is 139 Å². The van der Waals surface area contributed by atoms with Crippen molar-refractivity contribution in [1.29, 1.82) is 0 Å². The predicted molar refractivity (Wildman–Crippen MR) is 91.4 cm³/mol. The molecule has 0 radical (unpaired) electrons. The van der Waals surface area contributed by atoms with Gasteiger partial charge < -0.3 is 15.4 Å². The highest BCUT2D eigenvalue weighted by atomic mass is 35.5. The molecule has 1 fully saturated rings. The summed E-state index contributed by atoms with van der Waals surface area (Å²) >= 11 is 0. The summed E-state index contributed by atoms with van der Waals surface area (Å²) in [5, 5.41) is 6.03. The van der Waals surface area contributed by atoms with E-state index in [-0.39, 0.29) is 24.4 Å². The number of amides is 1. The molecule has 1 aliphatic rings. The van der Waals surface area contributed by atoms with E-state index in [1.54, 1.807) is 0 Å². The van der Waals surface area contributed by atoms with Gasteiger partial charge in [0.1, 0.15) is 0 Å². The molecule has 5 heteroatoms. The van der Waals surface area contributed by atoms with Crippen molar-refractivity contribution in [1.82, 2.24) is 10.6 Å². The Balaban J connectivity index is 0.00000242. The van der Waals surface area contributed by atoms with Crippen molar-refractivity contribution in [2.24, 2.45) is 5.92 Å². The van der Waals surface area contributed by atoms with E-state index in [1.807, 2.05) is 7.05 Å². The highest BCUT2D eigenvalue weighted by Gasteiger charge is 2.27. The van der Waals surface area contributed by atoms with Crippen LogP contribution in [0.2, 0.25) is 0 Å². The van der Waals surface area contributed by atoms with E-state index in [4.69, 9.17) is 4.74 Å². The van der Waals surface area contributed by atoms with Crippen LogP contribution in [0.5, 0.6) is 0 Å². The average molecular weight is 327 g/mol. The van der Waals surface area contributed by atoms with Crippen LogP contribution >= 0.6 is 12.4 Å². The van der Waals surface area contributed by atoms with Crippen LogP contribution in [0.4, 0.5) is 0 Å². The molecular weight excluding hydrogens is 300 g/mol. The normalized spacial score (nSPS) is 21.0. The Morgan fingerprint density at radius 1 is 1.32 bits per heavy atom. The molecule has 0 bridgehead atoms. The van der Waals surface area contributed by atoms with Crippen molar-refractivity contribution in [3.8, 4) is 0 Å². The van der Waals surface area contributed by atoms with Crippen molar-refractivity contribution >= 4 is 18.3 Å². The number of benzene rings is 1. The summed E-state index contributed by atoms with van der Waals surface area (Å²) in [6.45, 7) is 4.31. The molecule has 0 aliphatic carbocycles. The maximum absolute atomic E-state index is 11.7. The molecule has 1 aromatic rings. The van der Waals surface area contributed by atoms with Crippen molar-refractivity contribution in [3.05, 3.63) is 35.4 Å². The Bertz CT molecular complexity index is 450. The number of halogens is 1. The van der Waals surface area contributed by atoms with Crippen molar-refractivity contribution in [2.45, 2.75) is 32.3 Å². The maximum Gasteiger partial charge on any atom is 0.221 e. The van der Waals surface area contributed by atoms with Crippen LogP contribution in [0, 0.1) is 12.8 Å². The number of nitrogens with one attached hydrogen (secondary N) is 2. The van der Waals surface area contributed by atoms with Crippen molar-refractivity contribution in [2.75, 3.05) is 26.7 Å². The summed E-state index contributed by atoms with van der Waals surface area (Å²) in [6, 6.07) is 8.52. The Morgan fingerprint density at radius 2 is 2.05 bits per heavy atom. The Kier molecular flexibility index (Phi) is 8.46. The number of carbonyl (C=O) groups is 1. The van der Waals surface area contributed by atoms with Gasteiger partial charge in [-0.05, 0) is 32.4 Å². The lowest BCUT2D eigenvalue weighted by Crippen LogP contribution is -2.35. The highest BCUT2D eigenvalue weighted by Crippen LogP contribution is 2.33. The molecule has 0 aromatic heterocycles. The summed E-state index contributed by atoms with van der Waals surface area (Å²) in [6.07, 6.45) is 2.80. The molecule has 1 amide bonds. The topological polar surface area (TPSA) is 50.4 Å². The lowest BCUT2D eigenvalue weighted by atomic mass is 9.89. The highest BCUT2D eigenvalue weighted by molar-refractivity contribution is 5.85. The van der Waals surface area contributed by atoms with E-state index >= 15 is 0 Å². The van der Waals surface area contributed by atoms with E-state index in [0.29, 0.717) is 25.4 Å². The molecule has 1 heterocycles. The smallest absolute Gasteiger partial charge is 0.221 e. The van der Waals surface area contributed by atoms with Gasteiger partial charge in [0.15, 0.2) is 0 Å². The van der Waals surface area contributed by atoms with Gasteiger partial charge in [0.05, 0.1) is 6.10 Å². The van der Waals surface area contributed by atoms with E-state index in [1.165, 1.54) is 11.1 Å². The van der Waals surface area contributed by atoms with Gasteiger partial charge >= 0.3 is 0 Å². The predicted octanol–water partition coefficient (Wildman–Crippen LogP) is 2.61. The summed E-state index contributed by atoms with van der Waals surface area (Å²) in [5.74, 6) is 0.470. The fourth-order valence-electron chi connectivity index (χ4n) is 2.75. The quantitative estimate of drug-likeness (QED) is 0.845. The number of carbonyl (C=O) groups excluding carboxylic acids is 1. The standard InChI is InChI=1S/C17H26N2O2.ClH/c1-13-5-7-14(8-6-13)17-15(4-3-11-21-17)12-19-16(20)9-10-18-2;/h5-8,15,17-18H,3-4,9-12H2,1-2H3,(H,19,20);1H. The summed E-state index contributed by atoms with van der Waals surface area (Å²) < 4.78 is 5.97. The van der Waals surface area contributed by atoms with Gasteiger partial charge in [-0.3, -0.25) is 4.79 Å². The van der Waals surface area contributed by atoms with Crippen LogP contribution in [0.1, 0.15) is 36.5 Å². The van der Waals surface area contributed by atoms with Gasteiger partial charge in [-0.1, -0.05) is 29.8 Å². The average Bonchev–Trinajstić information content (AvgIpc) is 2.52. The number of rotatable bonds is 6. The summed E-state index contributed by atoms with van der Waals surface area (Å²) in [4.78, 5) is 11.7. The number of hydrogen-bond donors (Lipinski definition) is 2. The first-order valence-corrected chi connectivity index (χ1v) is 7.80. The first kappa shape index (κ1) is 18.9. The van der Waals surface area contributed by atoms with Crippen LogP contribution in [-0.4, -0.2) is 32.7 Å². The second kappa shape index (κ2) is 9.82. The van der Waals surface area contributed by atoms with Crippen LogP contribution < -0.4 is 10.6 Å². The van der Waals surface area contributed by atoms with E-state index in [2.05, 4.69) is 41.8 Å². The van der Waals surface area contributed by atoms with Crippen LogP contribution in [0.15, 0.2) is 24.3 Å². The van der Waals surface area contributed by atoms with Crippen LogP contribution in [-0.2, 0) is 9.53 Å². The minimum absolute atomic E-state index is 0. The molecule has 4 nitrogen and oxygen atoms in total. The van der Waals surface area contributed by atoms with Crippen molar-refractivity contribution < 1.29 is 9.53 Å². The van der Waals surface area contributed by atoms with Gasteiger partial charge in [0, 0.05) is 32.0 Å². The monoisotopic (exact) mass is 326 g/mol. The van der Waals surface area contributed by atoms with Gasteiger partial charge in [0.25, 0.3) is 0 Å². The molecule has 2 rings (SSSR count). The molecule has 2 unspecified atom stereocenters. The van der Waals surface area contributed by atoms with Crippen molar-refractivity contribution in [3.63, 3.8) is 0 Å². The number of ether oxygens (including phenoxy) is 1. The first-order valence-electron chi connectivity index (χ1n) is 7.80. The van der Waals surface area contributed by atoms with Crippen LogP contribution in [0.3, 0.4) is 0 Å². The second-order valence-corrected chi connectivity index (χ2v) is 5.76. The largest absolute Gasteiger partial charge is 0.373 e. The third kappa shape index (κ3) is 5.59. The summed E-state index contributed by atoms with van der Waals surface area (Å²) in [7, 11) is 1.86. The second-order valence-electron chi connectivity index (χ2n) is 5.76. The maximum atomic E-state index is 11.7. The van der Waals surface area contributed by atoms with Gasteiger partial charge in [0.2, 0.25) is 5.91 Å². The third-order valence-corrected chi connectivity index (χ3v) is 4.01. The molecule has 1 aromatic carbocycles. The zero-order chi connectivity index (χ0) is 15.1. The van der Waals surface area contributed by atoms with Gasteiger partial charge in [-0.25, -0.2) is 0 Å². The molecule has 1 aliphatic heterocycles. The molecule has 2 N–H and O–H groups in total. The molecule has 1 saturated heterocycles. The number of aryl methyl sites for hydroxylation is 1.